The van der Waals surface area contributed by atoms with Crippen LogP contribution in [0.5, 0.6) is 0 Å². The van der Waals surface area contributed by atoms with Crippen molar-refractivity contribution in [3.63, 3.8) is 0 Å². The highest BCUT2D eigenvalue weighted by Gasteiger charge is 2.45. The van der Waals surface area contributed by atoms with Gasteiger partial charge in [0.1, 0.15) is 11.8 Å². The molecule has 3 atom stereocenters. The highest BCUT2D eigenvalue weighted by Crippen LogP contribution is 2.39. The smallest absolute Gasteiger partial charge is 0.414 e. The number of nitrogens with zero attached hydrogens (tertiary/aromatic N) is 1. The molecule has 10 nitrogen and oxygen atoms in total. The van der Waals surface area contributed by atoms with Crippen molar-refractivity contribution in [3.8, 4) is 0 Å². The van der Waals surface area contributed by atoms with Gasteiger partial charge < -0.3 is 19.7 Å². The predicted molar refractivity (Wildman–Crippen MR) is 137 cm³/mol. The Kier molecular flexibility index (Phi) is 9.62. The average molecular weight is 570 g/mol. The summed E-state index contributed by atoms with van der Waals surface area (Å²) in [6.07, 6.45) is 4.25. The number of allylic oxidation sites excluding steroid dienone is 3. The zero-order valence-corrected chi connectivity index (χ0v) is 23.0. The number of esters is 1. The number of hydrogen-bond donors (Lipinski definition) is 2. The van der Waals surface area contributed by atoms with E-state index < -0.39 is 62.2 Å². The monoisotopic (exact) mass is 569 g/mol. The highest BCUT2D eigenvalue weighted by molar-refractivity contribution is 7.89. The molecule has 1 amide bonds. The molecule has 0 aromatic heterocycles. The van der Waals surface area contributed by atoms with Crippen LogP contribution in [-0.4, -0.2) is 70.0 Å². The second-order valence-electron chi connectivity index (χ2n) is 10.0. The number of carbonyl (C=O) groups excluding carboxylic acids is 3. The number of ketones is 1. The molecule has 0 radical (unpaired) electrons. The molecule has 0 bridgehead atoms. The van der Waals surface area contributed by atoms with Gasteiger partial charge in [-0.3, -0.25) is 9.59 Å². The Bertz CT molecular complexity index is 1270. The number of ether oxygens (including phenoxy) is 2. The minimum absolute atomic E-state index is 0.00885. The molecule has 1 aliphatic carbocycles. The molecule has 1 fully saturated rings. The number of benzene rings is 1. The van der Waals surface area contributed by atoms with E-state index in [9.17, 15) is 31.6 Å². The Morgan fingerprint density at radius 3 is 2.46 bits per heavy atom. The summed E-state index contributed by atoms with van der Waals surface area (Å²) >= 11 is 0. The maximum atomic E-state index is 13.8. The SMILES string of the molecule is CC(C)OC(=O)[C@H](CC1(C(=O)[C@@H]2CCCN2)C=CC(OC(=O)N(C)C)=CC1)NS(=O)(=O)c1ccc(F)c(F)c1. The van der Waals surface area contributed by atoms with Gasteiger partial charge in [-0.1, -0.05) is 6.08 Å². The first kappa shape index (κ1) is 30.4. The lowest BCUT2D eigenvalue weighted by Gasteiger charge is -2.35. The molecule has 1 heterocycles. The van der Waals surface area contributed by atoms with Crippen LogP contribution in [0.4, 0.5) is 13.6 Å². The number of nitrogens with one attached hydrogen (secondary N) is 2. The molecular weight excluding hydrogens is 536 g/mol. The molecule has 1 saturated heterocycles. The highest BCUT2D eigenvalue weighted by atomic mass is 32.2. The molecular formula is C26H33F2N3O7S. The van der Waals surface area contributed by atoms with Gasteiger partial charge in [-0.25, -0.2) is 22.0 Å². The van der Waals surface area contributed by atoms with Crippen molar-refractivity contribution < 1.29 is 41.1 Å². The van der Waals surface area contributed by atoms with Crippen molar-refractivity contribution in [2.24, 2.45) is 5.41 Å². The number of amides is 1. The Hall–Kier alpha value is -3.16. The van der Waals surface area contributed by atoms with Crippen LogP contribution in [0.2, 0.25) is 0 Å². The molecule has 1 aliphatic heterocycles. The van der Waals surface area contributed by atoms with Gasteiger partial charge in [-0.05, 0) is 76.4 Å². The van der Waals surface area contributed by atoms with Crippen LogP contribution in [0.1, 0.15) is 39.5 Å². The van der Waals surface area contributed by atoms with Gasteiger partial charge in [-0.2, -0.15) is 4.72 Å². The fourth-order valence-electron chi connectivity index (χ4n) is 4.37. The zero-order chi connectivity index (χ0) is 29.0. The lowest BCUT2D eigenvalue weighted by Crippen LogP contribution is -2.50. The number of sulfonamides is 1. The van der Waals surface area contributed by atoms with E-state index in [-0.39, 0.29) is 24.4 Å². The summed E-state index contributed by atoms with van der Waals surface area (Å²) in [6, 6.07) is -0.0597. The van der Waals surface area contributed by atoms with Crippen molar-refractivity contribution in [3.05, 3.63) is 53.8 Å². The largest absolute Gasteiger partial charge is 0.462 e. The summed E-state index contributed by atoms with van der Waals surface area (Å²) < 4.78 is 66.2. The summed E-state index contributed by atoms with van der Waals surface area (Å²) in [7, 11) is -1.51. The predicted octanol–water partition coefficient (Wildman–Crippen LogP) is 2.80. The van der Waals surface area contributed by atoms with E-state index in [2.05, 4.69) is 10.0 Å². The molecule has 0 saturated carbocycles. The van der Waals surface area contributed by atoms with Crippen molar-refractivity contribution >= 4 is 27.9 Å². The summed E-state index contributed by atoms with van der Waals surface area (Å²) in [4.78, 5) is 39.5. The number of hydrogen-bond acceptors (Lipinski definition) is 8. The minimum Gasteiger partial charge on any atom is -0.462 e. The topological polar surface area (TPSA) is 131 Å². The van der Waals surface area contributed by atoms with Crippen LogP contribution in [0, 0.1) is 17.0 Å². The minimum atomic E-state index is -4.54. The Balaban J connectivity index is 1.97. The van der Waals surface area contributed by atoms with E-state index in [1.54, 1.807) is 13.8 Å². The summed E-state index contributed by atoms with van der Waals surface area (Å²) in [5.74, 6) is -3.62. The third kappa shape index (κ3) is 7.49. The first-order valence-corrected chi connectivity index (χ1v) is 14.0. The zero-order valence-electron chi connectivity index (χ0n) is 22.2. The van der Waals surface area contributed by atoms with Gasteiger partial charge >= 0.3 is 12.1 Å². The van der Waals surface area contributed by atoms with Crippen LogP contribution in [0.3, 0.4) is 0 Å². The lowest BCUT2D eigenvalue weighted by molar-refractivity contribution is -0.150. The molecule has 1 unspecified atom stereocenters. The fourth-order valence-corrected chi connectivity index (χ4v) is 5.57. The van der Waals surface area contributed by atoms with Gasteiger partial charge in [0.2, 0.25) is 10.0 Å². The first-order chi connectivity index (χ1) is 18.2. The van der Waals surface area contributed by atoms with Gasteiger partial charge in [0, 0.05) is 14.1 Å². The number of carbonyl (C=O) groups is 3. The van der Waals surface area contributed by atoms with Crippen LogP contribution in [-0.2, 0) is 29.1 Å². The van der Waals surface area contributed by atoms with Gasteiger partial charge in [0.15, 0.2) is 17.4 Å². The fraction of sp³-hybridized carbons (Fsp3) is 0.500. The van der Waals surface area contributed by atoms with Crippen molar-refractivity contribution in [1.29, 1.82) is 0 Å². The van der Waals surface area contributed by atoms with Crippen molar-refractivity contribution in [2.75, 3.05) is 20.6 Å². The maximum absolute atomic E-state index is 13.8. The molecule has 214 valence electrons. The quantitative estimate of drug-likeness (QED) is 0.412. The third-order valence-corrected chi connectivity index (χ3v) is 7.84. The molecule has 39 heavy (non-hydrogen) atoms. The van der Waals surface area contributed by atoms with Crippen LogP contribution >= 0.6 is 0 Å². The first-order valence-electron chi connectivity index (χ1n) is 12.5. The summed E-state index contributed by atoms with van der Waals surface area (Å²) in [5.41, 5.74) is -1.37. The second kappa shape index (κ2) is 12.3. The normalized spacial score (nSPS) is 21.8. The molecule has 1 aromatic carbocycles. The number of halogens is 2. The Morgan fingerprint density at radius 2 is 1.92 bits per heavy atom. The summed E-state index contributed by atoms with van der Waals surface area (Å²) in [5, 5.41) is 3.13. The standard InChI is InChI=1S/C26H33F2N3O7S/c1-16(2)37-24(33)22(30-39(35,36)18-7-8-19(27)20(28)14-18)15-26(23(32)21-6-5-13-29-21)11-9-17(10-12-26)38-25(34)31(3)4/h7-11,14,16,21-22,29-30H,5-6,12-13,15H2,1-4H3/t21-,22-,26?/m0/s1. The maximum Gasteiger partial charge on any atom is 0.414 e. The van der Waals surface area contributed by atoms with Crippen LogP contribution in [0.15, 0.2) is 47.1 Å². The molecule has 2 N–H and O–H groups in total. The lowest BCUT2D eigenvalue weighted by atomic mass is 9.70. The molecule has 13 heteroatoms. The van der Waals surface area contributed by atoms with E-state index in [4.69, 9.17) is 9.47 Å². The molecule has 2 aliphatic rings. The average Bonchev–Trinajstić information content (AvgIpc) is 3.40. The van der Waals surface area contributed by atoms with Crippen LogP contribution < -0.4 is 10.0 Å². The summed E-state index contributed by atoms with van der Waals surface area (Å²) in [6.45, 7) is 3.78. The van der Waals surface area contributed by atoms with E-state index in [1.165, 1.54) is 37.2 Å². The molecule has 3 rings (SSSR count). The number of Topliss-reactive ketones (excluding diaryl/α,β-unsaturated/α-hetero) is 1. The van der Waals surface area contributed by atoms with Gasteiger partial charge in [0.05, 0.1) is 22.5 Å². The Morgan fingerprint density at radius 1 is 1.21 bits per heavy atom. The Labute approximate surface area is 226 Å². The third-order valence-electron chi connectivity index (χ3n) is 6.38. The number of rotatable bonds is 10. The van der Waals surface area contributed by atoms with E-state index in [0.29, 0.717) is 25.1 Å². The van der Waals surface area contributed by atoms with Crippen molar-refractivity contribution in [2.45, 2.75) is 62.6 Å². The molecule has 1 aromatic rings. The van der Waals surface area contributed by atoms with E-state index in [1.807, 2.05) is 0 Å². The van der Waals surface area contributed by atoms with Crippen molar-refractivity contribution in [1.82, 2.24) is 14.9 Å². The van der Waals surface area contributed by atoms with Crippen LogP contribution in [0.25, 0.3) is 0 Å². The van der Waals surface area contributed by atoms with Gasteiger partial charge in [0.25, 0.3) is 0 Å². The van der Waals surface area contributed by atoms with Gasteiger partial charge in [-0.15, -0.1) is 0 Å². The van der Waals surface area contributed by atoms with E-state index >= 15 is 0 Å². The second-order valence-corrected chi connectivity index (χ2v) is 11.7. The van der Waals surface area contributed by atoms with E-state index in [0.717, 1.165) is 12.5 Å². The molecule has 0 spiro atoms.